The number of benzene rings is 1. The van der Waals surface area contributed by atoms with Crippen LogP contribution in [0, 0.1) is 0 Å². The third-order valence-electron chi connectivity index (χ3n) is 5.64. The molecule has 2 atom stereocenters. The Hall–Kier alpha value is -1.35. The molecule has 0 saturated carbocycles. The Balaban J connectivity index is 1.27. The molecule has 0 spiro atoms. The summed E-state index contributed by atoms with van der Waals surface area (Å²) in [7, 11) is 0. The van der Waals surface area contributed by atoms with Crippen LogP contribution in [0.25, 0.3) is 0 Å². The lowest BCUT2D eigenvalue weighted by Crippen LogP contribution is -2.06. The van der Waals surface area contributed by atoms with E-state index in [1.54, 1.807) is 12.1 Å². The standard InChI is InChI=1S/C25H40O3/c1-2-17-23-24(28-23)20-15-10-8-6-4-3-5-7-9-11-16-21-27-25(26)22-18-13-12-14-19-22/h12-14,18-19,23-24H,2-11,15-17,20-21H2,1H3. The fourth-order valence-electron chi connectivity index (χ4n) is 3.83. The summed E-state index contributed by atoms with van der Waals surface area (Å²) in [4.78, 5) is 11.8. The molecular weight excluding hydrogens is 348 g/mol. The zero-order chi connectivity index (χ0) is 19.9. The average molecular weight is 389 g/mol. The molecule has 0 aromatic heterocycles. The maximum Gasteiger partial charge on any atom is 0.338 e. The monoisotopic (exact) mass is 388 g/mol. The molecule has 0 amide bonds. The Kier molecular flexibility index (Phi) is 12.0. The highest BCUT2D eigenvalue weighted by Gasteiger charge is 2.36. The van der Waals surface area contributed by atoms with E-state index in [4.69, 9.17) is 9.47 Å². The third kappa shape index (κ3) is 10.3. The van der Waals surface area contributed by atoms with E-state index in [-0.39, 0.29) is 5.97 Å². The van der Waals surface area contributed by atoms with Crippen molar-refractivity contribution in [3.05, 3.63) is 35.9 Å². The fraction of sp³-hybridized carbons (Fsp3) is 0.720. The summed E-state index contributed by atoms with van der Waals surface area (Å²) in [6.07, 6.45) is 19.3. The molecule has 2 rings (SSSR count). The van der Waals surface area contributed by atoms with Gasteiger partial charge >= 0.3 is 5.97 Å². The van der Waals surface area contributed by atoms with Gasteiger partial charge in [0.1, 0.15) is 0 Å². The zero-order valence-electron chi connectivity index (χ0n) is 17.9. The van der Waals surface area contributed by atoms with E-state index in [9.17, 15) is 4.79 Å². The van der Waals surface area contributed by atoms with Gasteiger partial charge in [0.25, 0.3) is 0 Å². The molecule has 0 aliphatic carbocycles. The summed E-state index contributed by atoms with van der Waals surface area (Å²) in [5, 5.41) is 0. The minimum absolute atomic E-state index is 0.203. The molecule has 0 N–H and O–H groups in total. The van der Waals surface area contributed by atoms with Crippen molar-refractivity contribution in [1.29, 1.82) is 0 Å². The van der Waals surface area contributed by atoms with Gasteiger partial charge in [-0.2, -0.15) is 0 Å². The predicted octanol–water partition coefficient (Wildman–Crippen LogP) is 7.09. The summed E-state index contributed by atoms with van der Waals surface area (Å²) >= 11 is 0. The van der Waals surface area contributed by atoms with Gasteiger partial charge in [-0.25, -0.2) is 4.79 Å². The van der Waals surface area contributed by atoms with Gasteiger partial charge in [0, 0.05) is 0 Å². The number of hydrogen-bond donors (Lipinski definition) is 0. The maximum absolute atomic E-state index is 11.8. The largest absolute Gasteiger partial charge is 0.462 e. The lowest BCUT2D eigenvalue weighted by Gasteiger charge is -2.05. The van der Waals surface area contributed by atoms with Gasteiger partial charge in [0.05, 0.1) is 24.4 Å². The fourth-order valence-corrected chi connectivity index (χ4v) is 3.83. The van der Waals surface area contributed by atoms with Crippen LogP contribution in [0.4, 0.5) is 0 Å². The molecule has 1 heterocycles. The lowest BCUT2D eigenvalue weighted by atomic mass is 10.0. The van der Waals surface area contributed by atoms with E-state index in [1.165, 1.54) is 77.0 Å². The molecule has 28 heavy (non-hydrogen) atoms. The number of esters is 1. The van der Waals surface area contributed by atoms with Gasteiger partial charge < -0.3 is 9.47 Å². The quantitative estimate of drug-likeness (QED) is 0.162. The van der Waals surface area contributed by atoms with Crippen molar-refractivity contribution < 1.29 is 14.3 Å². The molecule has 158 valence electrons. The van der Waals surface area contributed by atoms with Crippen LogP contribution in [-0.2, 0) is 9.47 Å². The van der Waals surface area contributed by atoms with Crippen LogP contribution < -0.4 is 0 Å². The van der Waals surface area contributed by atoms with Crippen molar-refractivity contribution in [2.75, 3.05) is 6.61 Å². The lowest BCUT2D eigenvalue weighted by molar-refractivity contribution is 0.0497. The van der Waals surface area contributed by atoms with E-state index >= 15 is 0 Å². The van der Waals surface area contributed by atoms with Crippen molar-refractivity contribution in [2.45, 2.75) is 109 Å². The molecule has 1 saturated heterocycles. The normalized spacial score (nSPS) is 18.2. The predicted molar refractivity (Wildman–Crippen MR) is 116 cm³/mol. The highest BCUT2D eigenvalue weighted by atomic mass is 16.6. The number of ether oxygens (including phenoxy) is 2. The maximum atomic E-state index is 11.8. The summed E-state index contributed by atoms with van der Waals surface area (Å²) in [6.45, 7) is 2.78. The first kappa shape index (κ1) is 22.9. The first-order chi connectivity index (χ1) is 13.8. The van der Waals surface area contributed by atoms with Crippen molar-refractivity contribution in [3.8, 4) is 0 Å². The summed E-state index contributed by atoms with van der Waals surface area (Å²) in [5.41, 5.74) is 0.643. The Morgan fingerprint density at radius 2 is 1.32 bits per heavy atom. The Morgan fingerprint density at radius 3 is 1.93 bits per heavy atom. The van der Waals surface area contributed by atoms with Crippen molar-refractivity contribution in [3.63, 3.8) is 0 Å². The zero-order valence-corrected chi connectivity index (χ0v) is 17.9. The van der Waals surface area contributed by atoms with Crippen LogP contribution in [0.1, 0.15) is 107 Å². The first-order valence-electron chi connectivity index (χ1n) is 11.7. The van der Waals surface area contributed by atoms with E-state index in [2.05, 4.69) is 6.92 Å². The first-order valence-corrected chi connectivity index (χ1v) is 11.7. The Morgan fingerprint density at radius 1 is 0.786 bits per heavy atom. The van der Waals surface area contributed by atoms with Crippen LogP contribution in [-0.4, -0.2) is 24.8 Å². The molecule has 3 heteroatoms. The molecular formula is C25H40O3. The molecule has 0 radical (unpaired) electrons. The molecule has 0 bridgehead atoms. The topological polar surface area (TPSA) is 38.8 Å². The second kappa shape index (κ2) is 14.6. The molecule has 3 nitrogen and oxygen atoms in total. The van der Waals surface area contributed by atoms with Gasteiger partial charge in [0.2, 0.25) is 0 Å². The van der Waals surface area contributed by atoms with Gasteiger partial charge in [-0.3, -0.25) is 0 Å². The van der Waals surface area contributed by atoms with E-state index < -0.39 is 0 Å². The van der Waals surface area contributed by atoms with Crippen LogP contribution in [0.3, 0.4) is 0 Å². The minimum Gasteiger partial charge on any atom is -0.462 e. The molecule has 1 aromatic carbocycles. The van der Waals surface area contributed by atoms with Crippen LogP contribution in [0.5, 0.6) is 0 Å². The minimum atomic E-state index is -0.203. The highest BCUT2D eigenvalue weighted by Crippen LogP contribution is 2.30. The molecule has 1 fully saturated rings. The van der Waals surface area contributed by atoms with Gasteiger partial charge in [0.15, 0.2) is 0 Å². The smallest absolute Gasteiger partial charge is 0.338 e. The number of unbranched alkanes of at least 4 members (excludes halogenated alkanes) is 10. The van der Waals surface area contributed by atoms with Crippen molar-refractivity contribution >= 4 is 5.97 Å². The molecule has 1 aliphatic heterocycles. The van der Waals surface area contributed by atoms with Crippen molar-refractivity contribution in [1.82, 2.24) is 0 Å². The Bertz CT molecular complexity index is 514. The molecule has 1 aromatic rings. The SMILES string of the molecule is CCCC1OC1CCCCCCCCCCCCCOC(=O)c1ccccc1. The number of carbonyl (C=O) groups is 1. The van der Waals surface area contributed by atoms with Gasteiger partial charge in [-0.15, -0.1) is 0 Å². The third-order valence-corrected chi connectivity index (χ3v) is 5.64. The number of hydrogen-bond acceptors (Lipinski definition) is 3. The molecule has 2 unspecified atom stereocenters. The average Bonchev–Trinajstić information content (AvgIpc) is 3.46. The van der Waals surface area contributed by atoms with Gasteiger partial charge in [-0.05, 0) is 31.4 Å². The summed E-state index contributed by atoms with van der Waals surface area (Å²) in [5.74, 6) is -0.203. The van der Waals surface area contributed by atoms with Crippen molar-refractivity contribution in [2.24, 2.45) is 0 Å². The highest BCUT2D eigenvalue weighted by molar-refractivity contribution is 5.89. The molecule has 1 aliphatic rings. The van der Waals surface area contributed by atoms with Crippen LogP contribution >= 0.6 is 0 Å². The second-order valence-corrected chi connectivity index (χ2v) is 8.18. The summed E-state index contributed by atoms with van der Waals surface area (Å²) in [6, 6.07) is 9.23. The Labute approximate surface area is 172 Å². The van der Waals surface area contributed by atoms with Crippen LogP contribution in [0.15, 0.2) is 30.3 Å². The number of epoxide rings is 1. The second-order valence-electron chi connectivity index (χ2n) is 8.18. The van der Waals surface area contributed by atoms with E-state index in [0.717, 1.165) is 12.8 Å². The number of rotatable bonds is 17. The summed E-state index contributed by atoms with van der Waals surface area (Å²) < 4.78 is 11.0. The van der Waals surface area contributed by atoms with Gasteiger partial charge in [-0.1, -0.05) is 95.8 Å². The van der Waals surface area contributed by atoms with E-state index in [0.29, 0.717) is 24.4 Å². The number of carbonyl (C=O) groups excluding carboxylic acids is 1. The van der Waals surface area contributed by atoms with Crippen LogP contribution in [0.2, 0.25) is 0 Å². The van der Waals surface area contributed by atoms with E-state index in [1.807, 2.05) is 18.2 Å².